The van der Waals surface area contributed by atoms with Crippen LogP contribution in [0, 0.1) is 52.3 Å². The first kappa shape index (κ1) is 29.9. The summed E-state index contributed by atoms with van der Waals surface area (Å²) in [5.74, 6) is 6.04. The highest BCUT2D eigenvalue weighted by Gasteiger charge is 2.59. The van der Waals surface area contributed by atoms with Gasteiger partial charge in [0.25, 0.3) is 0 Å². The van der Waals surface area contributed by atoms with Crippen molar-refractivity contribution >= 4 is 6.09 Å². The summed E-state index contributed by atoms with van der Waals surface area (Å²) in [5.41, 5.74) is 2.44. The van der Waals surface area contributed by atoms with Crippen molar-refractivity contribution in [3.05, 3.63) is 11.6 Å². The monoisotopic (exact) mass is 530 g/mol. The molecule has 3 fully saturated rings. The Morgan fingerprint density at radius 1 is 1.11 bits per heavy atom. The van der Waals surface area contributed by atoms with Crippen molar-refractivity contribution in [1.82, 2.24) is 10.2 Å². The van der Waals surface area contributed by atoms with E-state index >= 15 is 0 Å². The van der Waals surface area contributed by atoms with Gasteiger partial charge in [-0.05, 0) is 118 Å². The molecule has 0 saturated heterocycles. The Bertz CT molecular complexity index is 843. The van der Waals surface area contributed by atoms with Gasteiger partial charge in [-0.25, -0.2) is 4.79 Å². The number of nitrogens with zero attached hydrogens (tertiary/aromatic N) is 1. The molecule has 4 nitrogen and oxygen atoms in total. The number of carbonyl (C=O) groups excluding carboxylic acids is 1. The Balaban J connectivity index is 0.00000420. The Morgan fingerprint density at radius 2 is 1.87 bits per heavy atom. The van der Waals surface area contributed by atoms with Crippen LogP contribution in [0.2, 0.25) is 0 Å². The summed E-state index contributed by atoms with van der Waals surface area (Å²) in [7, 11) is 4.04. The molecule has 3 saturated carbocycles. The minimum Gasteiger partial charge on any atom is -0.446 e. The lowest BCUT2D eigenvalue weighted by molar-refractivity contribution is -0.0583. The van der Waals surface area contributed by atoms with Crippen LogP contribution in [-0.2, 0) is 4.74 Å². The molecule has 2 unspecified atom stereocenters. The molecule has 0 radical (unpaired) electrons. The first-order chi connectivity index (χ1) is 18.0. The Hall–Kier alpha value is -1.03. The van der Waals surface area contributed by atoms with Crippen LogP contribution >= 0.6 is 0 Å². The third-order valence-electron chi connectivity index (χ3n) is 12.4. The zero-order valence-corrected chi connectivity index (χ0v) is 26.2. The molecule has 0 bridgehead atoms. The lowest BCUT2D eigenvalue weighted by Gasteiger charge is -2.58. The molecule has 9 atom stereocenters. The molecule has 1 N–H and O–H groups in total. The number of rotatable bonds is 10. The molecule has 38 heavy (non-hydrogen) atoms. The lowest BCUT2D eigenvalue weighted by Crippen LogP contribution is -2.51. The minimum atomic E-state index is -0.243. The van der Waals surface area contributed by atoms with Gasteiger partial charge in [0.05, 0.1) is 0 Å². The Labute approximate surface area is 236 Å². The molecular formula is C34H62N2O2. The zero-order chi connectivity index (χ0) is 27.7. The normalized spacial score (nSPS) is 38.2. The first-order valence-corrected chi connectivity index (χ1v) is 16.3. The number of nitrogens with one attached hydrogen (secondary N) is 1. The van der Waals surface area contributed by atoms with Crippen LogP contribution < -0.4 is 5.32 Å². The van der Waals surface area contributed by atoms with Crippen molar-refractivity contribution in [2.24, 2.45) is 52.3 Å². The number of ether oxygens (including phenoxy) is 1. The molecular weight excluding hydrogens is 468 g/mol. The third kappa shape index (κ3) is 6.01. The Kier molecular flexibility index (Phi) is 9.64. The summed E-state index contributed by atoms with van der Waals surface area (Å²) in [4.78, 5) is 14.4. The van der Waals surface area contributed by atoms with Crippen molar-refractivity contribution in [1.29, 1.82) is 0 Å². The topological polar surface area (TPSA) is 41.6 Å². The summed E-state index contributed by atoms with van der Waals surface area (Å²) in [6.45, 7) is 16.5. The molecule has 0 spiro atoms. The van der Waals surface area contributed by atoms with Crippen molar-refractivity contribution in [3.63, 3.8) is 0 Å². The lowest BCUT2D eigenvalue weighted by atomic mass is 9.47. The summed E-state index contributed by atoms with van der Waals surface area (Å²) in [6.07, 6.45) is 16.7. The molecule has 4 aliphatic carbocycles. The minimum absolute atomic E-state index is 0. The van der Waals surface area contributed by atoms with Crippen LogP contribution in [0.25, 0.3) is 0 Å². The summed E-state index contributed by atoms with van der Waals surface area (Å²) < 4.78 is 5.88. The van der Waals surface area contributed by atoms with Gasteiger partial charge in [0, 0.05) is 20.9 Å². The van der Waals surface area contributed by atoms with Crippen LogP contribution in [0.5, 0.6) is 0 Å². The van der Waals surface area contributed by atoms with Crippen molar-refractivity contribution in [3.8, 4) is 0 Å². The molecule has 0 aromatic rings. The quantitative estimate of drug-likeness (QED) is 0.288. The van der Waals surface area contributed by atoms with E-state index in [1.165, 1.54) is 57.8 Å². The van der Waals surface area contributed by atoms with E-state index in [0.717, 1.165) is 60.8 Å². The maximum atomic E-state index is 12.4. The van der Waals surface area contributed by atoms with E-state index in [1.807, 2.05) is 14.1 Å². The molecule has 220 valence electrons. The molecule has 0 heterocycles. The van der Waals surface area contributed by atoms with E-state index in [9.17, 15) is 4.79 Å². The summed E-state index contributed by atoms with van der Waals surface area (Å²) in [5, 5.41) is 2.93. The molecule has 0 aromatic heterocycles. The van der Waals surface area contributed by atoms with E-state index in [1.54, 1.807) is 5.57 Å². The Morgan fingerprint density at radius 3 is 2.55 bits per heavy atom. The van der Waals surface area contributed by atoms with Gasteiger partial charge in [0.15, 0.2) is 0 Å². The molecule has 0 aromatic carbocycles. The van der Waals surface area contributed by atoms with E-state index in [0.29, 0.717) is 17.4 Å². The van der Waals surface area contributed by atoms with Crippen molar-refractivity contribution < 1.29 is 11.0 Å². The first-order valence-electron chi connectivity index (χ1n) is 16.3. The molecule has 4 heteroatoms. The molecule has 0 aliphatic heterocycles. The van der Waals surface area contributed by atoms with Gasteiger partial charge in [-0.3, -0.25) is 0 Å². The van der Waals surface area contributed by atoms with Crippen molar-refractivity contribution in [2.45, 2.75) is 118 Å². The van der Waals surface area contributed by atoms with Gasteiger partial charge >= 0.3 is 6.09 Å². The van der Waals surface area contributed by atoms with Crippen LogP contribution in [-0.4, -0.2) is 44.3 Å². The van der Waals surface area contributed by atoms with Gasteiger partial charge in [0.1, 0.15) is 6.10 Å². The SMILES string of the molecule is CC[C@H](CC[C@@H](C)[C@H]1CC[C@H]2C3CC=C4C[C@@H](OC(=O)NCCN(C)C)CCC4(C)[C@H]3CC[C@]12C)C(C)C.[HH]. The average molecular weight is 531 g/mol. The fourth-order valence-electron chi connectivity index (χ4n) is 9.97. The van der Waals surface area contributed by atoms with Crippen LogP contribution in [0.3, 0.4) is 0 Å². The second-order valence-corrected chi connectivity index (χ2v) is 15.0. The number of carbonyl (C=O) groups is 1. The fourth-order valence-corrected chi connectivity index (χ4v) is 9.97. The predicted octanol–water partition coefficient (Wildman–Crippen LogP) is 8.57. The zero-order valence-electron chi connectivity index (χ0n) is 26.2. The fraction of sp³-hybridized carbons (Fsp3) is 0.912. The number of hydrogen-bond acceptors (Lipinski definition) is 3. The van der Waals surface area contributed by atoms with Gasteiger partial charge in [0.2, 0.25) is 0 Å². The van der Waals surface area contributed by atoms with Crippen molar-refractivity contribution in [2.75, 3.05) is 27.2 Å². The molecule has 4 rings (SSSR count). The van der Waals surface area contributed by atoms with Gasteiger partial charge in [-0.15, -0.1) is 0 Å². The maximum absolute atomic E-state index is 12.4. The van der Waals surface area contributed by atoms with E-state index in [-0.39, 0.29) is 13.6 Å². The van der Waals surface area contributed by atoms with Gasteiger partial charge < -0.3 is 15.0 Å². The number of alkyl carbamates (subject to hydrolysis) is 1. The average Bonchev–Trinajstić information content (AvgIpc) is 3.21. The smallest absolute Gasteiger partial charge is 0.407 e. The van der Waals surface area contributed by atoms with E-state index in [4.69, 9.17) is 4.74 Å². The number of allylic oxidation sites excluding steroid dienone is 1. The summed E-state index contributed by atoms with van der Waals surface area (Å²) in [6, 6.07) is 0. The summed E-state index contributed by atoms with van der Waals surface area (Å²) >= 11 is 0. The predicted molar refractivity (Wildman–Crippen MR) is 161 cm³/mol. The maximum Gasteiger partial charge on any atom is 0.407 e. The highest BCUT2D eigenvalue weighted by atomic mass is 16.6. The van der Waals surface area contributed by atoms with Crippen LogP contribution in [0.4, 0.5) is 4.79 Å². The second-order valence-electron chi connectivity index (χ2n) is 15.0. The van der Waals surface area contributed by atoms with Gasteiger partial charge in [-0.1, -0.05) is 66.0 Å². The molecule has 1 amide bonds. The second kappa shape index (κ2) is 12.2. The standard InChI is InChI=1S/C34H60N2O2.H2/c1-9-25(23(2)3)11-10-24(4)29-14-15-30-28-13-12-26-22-27(38-32(37)35-20-21-36(7)8)16-18-33(26,5)31(28)17-19-34(29,30)6;/h12,23-25,27-31H,9-11,13-22H2,1-8H3,(H,35,37);1H/t24-,25-,27+,28?,29-,30+,31+,33?,34-;/m1./s1. The van der Waals surface area contributed by atoms with Crippen LogP contribution in [0.15, 0.2) is 11.6 Å². The highest BCUT2D eigenvalue weighted by molar-refractivity contribution is 5.67. The molecule has 4 aliphatic rings. The van der Waals surface area contributed by atoms with Gasteiger partial charge in [-0.2, -0.15) is 0 Å². The van der Waals surface area contributed by atoms with E-state index < -0.39 is 0 Å². The number of amides is 1. The van der Waals surface area contributed by atoms with Crippen LogP contribution in [0.1, 0.15) is 114 Å². The number of fused-ring (bicyclic) bond motifs is 5. The third-order valence-corrected chi connectivity index (χ3v) is 12.4. The van der Waals surface area contributed by atoms with E-state index in [2.05, 4.69) is 57.8 Å². The number of hydrogen-bond donors (Lipinski definition) is 1. The number of likely N-dealkylation sites (N-methyl/N-ethyl adjacent to an activating group) is 1. The largest absolute Gasteiger partial charge is 0.446 e. The highest BCUT2D eigenvalue weighted by Crippen LogP contribution is 2.67.